The van der Waals surface area contributed by atoms with Gasteiger partial charge in [-0.1, -0.05) is 0 Å². The quantitative estimate of drug-likeness (QED) is 0.648. The molecule has 3 N–H and O–H groups in total. The highest BCUT2D eigenvalue weighted by Crippen LogP contribution is 2.41. The lowest BCUT2D eigenvalue weighted by molar-refractivity contribution is -0.113. The molecule has 1 fully saturated rings. The maximum absolute atomic E-state index is 15.0. The topological polar surface area (TPSA) is 82.4 Å². The van der Waals surface area contributed by atoms with Crippen molar-refractivity contribution in [3.8, 4) is 0 Å². The molecule has 1 saturated carbocycles. The molecule has 6 nitrogen and oxygen atoms in total. The Kier molecular flexibility index (Phi) is 7.34. The smallest absolute Gasteiger partial charge is 0.259 e. The second-order valence-corrected chi connectivity index (χ2v) is 9.35. The van der Waals surface area contributed by atoms with Crippen LogP contribution in [0.5, 0.6) is 0 Å². The summed E-state index contributed by atoms with van der Waals surface area (Å²) < 4.78 is 15.0. The van der Waals surface area contributed by atoms with E-state index < -0.39 is 11.7 Å². The number of amides is 2. The molecule has 1 aliphatic heterocycles. The molecule has 2 aromatic rings. The first-order chi connectivity index (χ1) is 15.2. The average Bonchev–Trinajstić information content (AvgIpc) is 3.18. The van der Waals surface area contributed by atoms with Gasteiger partial charge in [0.2, 0.25) is 0 Å². The molecule has 2 aliphatic rings. The molecule has 0 bridgehead atoms. The molecule has 1 aromatic carbocycles. The molecular weight excluding hydrogens is 443 g/mol. The summed E-state index contributed by atoms with van der Waals surface area (Å²) in [7, 11) is 3.18. The van der Waals surface area contributed by atoms with E-state index in [1.165, 1.54) is 17.0 Å². The number of carbonyl (C=O) groups excluding carboxylic acids is 2. The van der Waals surface area contributed by atoms with Crippen LogP contribution in [-0.4, -0.2) is 48.4 Å². The van der Waals surface area contributed by atoms with Gasteiger partial charge in [-0.15, -0.1) is 12.4 Å². The highest BCUT2D eigenvalue weighted by molar-refractivity contribution is 6.36. The number of hydrogen-bond acceptors (Lipinski definition) is 3. The maximum atomic E-state index is 15.0. The van der Waals surface area contributed by atoms with Gasteiger partial charge in [0.25, 0.3) is 11.8 Å². The number of fused-ring (bicyclic) bond motifs is 1. The summed E-state index contributed by atoms with van der Waals surface area (Å²) in [5.74, 6) is -0.866. The Hall–Kier alpha value is -2.64. The van der Waals surface area contributed by atoms with E-state index in [-0.39, 0.29) is 29.9 Å². The van der Waals surface area contributed by atoms with Crippen LogP contribution in [0.15, 0.2) is 18.2 Å². The number of carbonyl (C=O) groups is 2. The van der Waals surface area contributed by atoms with Gasteiger partial charge >= 0.3 is 0 Å². The van der Waals surface area contributed by atoms with Crippen molar-refractivity contribution in [2.24, 2.45) is 11.7 Å². The molecule has 33 heavy (non-hydrogen) atoms. The molecule has 4 rings (SSSR count). The summed E-state index contributed by atoms with van der Waals surface area (Å²) in [6, 6.07) is 5.10. The van der Waals surface area contributed by atoms with Crippen LogP contribution in [0, 0.1) is 25.6 Å². The number of rotatable bonds is 4. The molecule has 2 amide bonds. The van der Waals surface area contributed by atoms with Crippen molar-refractivity contribution in [3.05, 3.63) is 52.1 Å². The number of H-pyrrole nitrogens is 1. The maximum Gasteiger partial charge on any atom is 0.259 e. The van der Waals surface area contributed by atoms with Crippen molar-refractivity contribution in [2.45, 2.75) is 45.6 Å². The molecule has 0 atom stereocenters. The number of aromatic amines is 1. The molecular formula is C25H32ClFN4O2. The Morgan fingerprint density at radius 1 is 1.21 bits per heavy atom. The highest BCUT2D eigenvalue weighted by atomic mass is 35.5. The standard InChI is InChI=1S/C25H31FN4O2.ClH/c1-14-9-15(2)28-22(14)11-19-18-10-21(26)20(24(31)29(3)4)12-23(18)30(25(19)32)13-16-5-7-17(27)8-6-16;/h9-12,16-17,28H,5-8,13,27H2,1-4H3;1H/b19-11-;. The third-order valence-electron chi connectivity index (χ3n) is 6.59. The number of aromatic nitrogens is 1. The molecule has 1 aromatic heterocycles. The monoisotopic (exact) mass is 474 g/mol. The normalized spacial score (nSPS) is 21.2. The van der Waals surface area contributed by atoms with E-state index >= 15 is 0 Å². The Morgan fingerprint density at radius 2 is 1.88 bits per heavy atom. The summed E-state index contributed by atoms with van der Waals surface area (Å²) in [4.78, 5) is 32.4. The lowest BCUT2D eigenvalue weighted by Crippen LogP contribution is -2.36. The minimum atomic E-state index is -0.619. The summed E-state index contributed by atoms with van der Waals surface area (Å²) in [5, 5.41) is 0. The van der Waals surface area contributed by atoms with Crippen LogP contribution in [0.4, 0.5) is 10.1 Å². The summed E-state index contributed by atoms with van der Waals surface area (Å²) in [6.45, 7) is 4.47. The Morgan fingerprint density at radius 3 is 2.45 bits per heavy atom. The van der Waals surface area contributed by atoms with E-state index in [2.05, 4.69) is 4.98 Å². The van der Waals surface area contributed by atoms with Gasteiger partial charge in [-0.2, -0.15) is 0 Å². The first-order valence-electron chi connectivity index (χ1n) is 11.2. The fraction of sp³-hybridized carbons (Fsp3) is 0.440. The van der Waals surface area contributed by atoms with Crippen LogP contribution in [0.3, 0.4) is 0 Å². The minimum absolute atomic E-state index is 0. The number of benzene rings is 1. The van der Waals surface area contributed by atoms with E-state index in [0.717, 1.165) is 42.6 Å². The second-order valence-electron chi connectivity index (χ2n) is 9.35. The van der Waals surface area contributed by atoms with Crippen LogP contribution >= 0.6 is 12.4 Å². The van der Waals surface area contributed by atoms with Crippen molar-refractivity contribution >= 4 is 41.6 Å². The van der Waals surface area contributed by atoms with Crippen LogP contribution in [0.2, 0.25) is 0 Å². The van der Waals surface area contributed by atoms with Gasteiger partial charge in [0, 0.05) is 43.6 Å². The van der Waals surface area contributed by atoms with Crippen molar-refractivity contribution < 1.29 is 14.0 Å². The number of nitrogens with one attached hydrogen (secondary N) is 1. The Bertz CT molecular complexity index is 1100. The Labute approximate surface area is 200 Å². The van der Waals surface area contributed by atoms with Crippen LogP contribution in [-0.2, 0) is 4.79 Å². The number of hydrogen-bond donors (Lipinski definition) is 2. The number of halogens is 2. The zero-order valence-electron chi connectivity index (χ0n) is 19.6. The zero-order chi connectivity index (χ0) is 23.2. The molecule has 2 heterocycles. The molecule has 0 spiro atoms. The minimum Gasteiger partial charge on any atom is -0.359 e. The summed E-state index contributed by atoms with van der Waals surface area (Å²) in [6.07, 6.45) is 5.60. The predicted molar refractivity (Wildman–Crippen MR) is 132 cm³/mol. The van der Waals surface area contributed by atoms with Crippen molar-refractivity contribution in [1.82, 2.24) is 9.88 Å². The predicted octanol–water partition coefficient (Wildman–Crippen LogP) is 4.30. The second kappa shape index (κ2) is 9.69. The molecule has 0 unspecified atom stereocenters. The van der Waals surface area contributed by atoms with Crippen molar-refractivity contribution in [2.75, 3.05) is 25.5 Å². The summed E-state index contributed by atoms with van der Waals surface area (Å²) in [5.41, 5.74) is 10.4. The number of nitrogens with zero attached hydrogens (tertiary/aromatic N) is 2. The van der Waals surface area contributed by atoms with Crippen LogP contribution in [0.1, 0.15) is 58.6 Å². The van der Waals surface area contributed by atoms with Gasteiger partial charge in [-0.3, -0.25) is 9.59 Å². The summed E-state index contributed by atoms with van der Waals surface area (Å²) >= 11 is 0. The lowest BCUT2D eigenvalue weighted by atomic mass is 9.86. The van der Waals surface area contributed by atoms with Crippen molar-refractivity contribution in [1.29, 1.82) is 0 Å². The highest BCUT2D eigenvalue weighted by Gasteiger charge is 2.36. The largest absolute Gasteiger partial charge is 0.359 e. The number of anilines is 1. The third kappa shape index (κ3) is 4.84. The number of aryl methyl sites for hydroxylation is 2. The fourth-order valence-electron chi connectivity index (χ4n) is 4.77. The SMILES string of the molecule is Cc1cc(C)c(/C=C2\C(=O)N(CC3CCC(N)CC3)c3cc(C(=O)N(C)C)c(F)cc32)[nH]1.Cl. The van der Waals surface area contributed by atoms with E-state index in [1.807, 2.05) is 19.9 Å². The van der Waals surface area contributed by atoms with Gasteiger partial charge in [-0.05, 0) is 75.3 Å². The Balaban J connectivity index is 0.00000306. The van der Waals surface area contributed by atoms with Gasteiger partial charge < -0.3 is 20.5 Å². The van der Waals surface area contributed by atoms with E-state index in [1.54, 1.807) is 25.1 Å². The van der Waals surface area contributed by atoms with Gasteiger partial charge in [0.1, 0.15) is 5.82 Å². The van der Waals surface area contributed by atoms with E-state index in [9.17, 15) is 14.0 Å². The average molecular weight is 475 g/mol. The van der Waals surface area contributed by atoms with Crippen molar-refractivity contribution in [3.63, 3.8) is 0 Å². The van der Waals surface area contributed by atoms with Gasteiger partial charge in [0.15, 0.2) is 0 Å². The van der Waals surface area contributed by atoms with E-state index in [4.69, 9.17) is 5.73 Å². The molecule has 1 aliphatic carbocycles. The zero-order valence-corrected chi connectivity index (χ0v) is 20.4. The first-order valence-corrected chi connectivity index (χ1v) is 11.2. The molecule has 0 saturated heterocycles. The van der Waals surface area contributed by atoms with Gasteiger partial charge in [-0.25, -0.2) is 4.39 Å². The fourth-order valence-corrected chi connectivity index (χ4v) is 4.77. The third-order valence-corrected chi connectivity index (χ3v) is 6.59. The molecule has 0 radical (unpaired) electrons. The molecule has 178 valence electrons. The van der Waals surface area contributed by atoms with Gasteiger partial charge in [0.05, 0.1) is 16.8 Å². The number of nitrogens with two attached hydrogens (primary N) is 1. The van der Waals surface area contributed by atoms with E-state index in [0.29, 0.717) is 29.3 Å². The first kappa shape index (κ1) is 25.0. The van der Waals surface area contributed by atoms with Crippen LogP contribution < -0.4 is 10.6 Å². The van der Waals surface area contributed by atoms with Crippen LogP contribution in [0.25, 0.3) is 11.6 Å². The molecule has 8 heteroatoms. The lowest BCUT2D eigenvalue weighted by Gasteiger charge is -2.30.